The number of fused-ring (bicyclic) bond motifs is 5. The summed E-state index contributed by atoms with van der Waals surface area (Å²) in [5.74, 6) is 0. The molecular formula is C65H44. The van der Waals surface area contributed by atoms with Gasteiger partial charge in [0.2, 0.25) is 0 Å². The molecule has 0 N–H and O–H groups in total. The molecule has 11 aromatic carbocycles. The molecule has 0 nitrogen and oxygen atoms in total. The van der Waals surface area contributed by atoms with E-state index in [2.05, 4.69) is 267 Å². The van der Waals surface area contributed by atoms with Crippen LogP contribution < -0.4 is 0 Å². The Kier molecular flexibility index (Phi) is 9.50. The Morgan fingerprint density at radius 2 is 0.523 bits per heavy atom. The largest absolute Gasteiger partial charge is 0.0714 e. The van der Waals surface area contributed by atoms with Gasteiger partial charge in [0.15, 0.2) is 0 Å². The molecule has 1 aliphatic carbocycles. The van der Waals surface area contributed by atoms with Gasteiger partial charge in [-0.2, -0.15) is 0 Å². The van der Waals surface area contributed by atoms with Crippen LogP contribution >= 0.6 is 0 Å². The van der Waals surface area contributed by atoms with E-state index < -0.39 is 5.41 Å². The molecule has 0 saturated heterocycles. The lowest BCUT2D eigenvalue weighted by atomic mass is 9.66. The van der Waals surface area contributed by atoms with Crippen molar-refractivity contribution in [1.82, 2.24) is 0 Å². The van der Waals surface area contributed by atoms with E-state index in [-0.39, 0.29) is 0 Å². The van der Waals surface area contributed by atoms with Crippen molar-refractivity contribution in [3.05, 3.63) is 289 Å². The van der Waals surface area contributed by atoms with Crippen LogP contribution in [0.2, 0.25) is 0 Å². The highest BCUT2D eigenvalue weighted by Crippen LogP contribution is 2.60. The van der Waals surface area contributed by atoms with E-state index in [0.717, 1.165) is 0 Å². The summed E-state index contributed by atoms with van der Waals surface area (Å²) in [5, 5.41) is 2.51. The Morgan fingerprint density at radius 3 is 0.954 bits per heavy atom. The molecule has 11 aromatic rings. The molecular weight excluding hydrogens is 781 g/mol. The second-order valence-electron chi connectivity index (χ2n) is 17.2. The first kappa shape index (κ1) is 38.4. The summed E-state index contributed by atoms with van der Waals surface area (Å²) in [4.78, 5) is 0. The Hall–Kier alpha value is -8.32. The second-order valence-corrected chi connectivity index (χ2v) is 17.2. The van der Waals surface area contributed by atoms with Crippen molar-refractivity contribution in [3.8, 4) is 77.9 Å². The van der Waals surface area contributed by atoms with Gasteiger partial charge in [0.1, 0.15) is 0 Å². The number of rotatable bonds is 8. The van der Waals surface area contributed by atoms with Crippen molar-refractivity contribution < 1.29 is 0 Å². The molecule has 0 amide bonds. The summed E-state index contributed by atoms with van der Waals surface area (Å²) in [6, 6.07) is 98.6. The van der Waals surface area contributed by atoms with Gasteiger partial charge in [-0.05, 0) is 123 Å². The van der Waals surface area contributed by atoms with Crippen LogP contribution in [0.1, 0.15) is 22.3 Å². The van der Waals surface area contributed by atoms with E-state index in [0.29, 0.717) is 0 Å². The van der Waals surface area contributed by atoms with Crippen LogP contribution in [0, 0.1) is 0 Å². The van der Waals surface area contributed by atoms with E-state index in [4.69, 9.17) is 0 Å². The summed E-state index contributed by atoms with van der Waals surface area (Å²) in [6.07, 6.45) is 0. The lowest BCUT2D eigenvalue weighted by Crippen LogP contribution is -2.28. The molecule has 0 fully saturated rings. The first-order chi connectivity index (χ1) is 32.2. The highest BCUT2D eigenvalue weighted by atomic mass is 14.5. The Morgan fingerprint density at radius 1 is 0.200 bits per heavy atom. The normalized spacial score (nSPS) is 12.4. The fraction of sp³-hybridized carbons (Fsp3) is 0.0154. The molecule has 0 aliphatic heterocycles. The van der Waals surface area contributed by atoms with Crippen LogP contribution in [-0.4, -0.2) is 0 Å². The van der Waals surface area contributed by atoms with Crippen molar-refractivity contribution in [2.45, 2.75) is 5.41 Å². The van der Waals surface area contributed by atoms with Crippen LogP contribution in [0.25, 0.3) is 88.7 Å². The van der Waals surface area contributed by atoms with Gasteiger partial charge >= 0.3 is 0 Å². The van der Waals surface area contributed by atoms with Crippen molar-refractivity contribution in [3.63, 3.8) is 0 Å². The Bertz CT molecular complexity index is 3360. The molecule has 0 spiro atoms. The third-order valence-corrected chi connectivity index (χ3v) is 13.6. The molecule has 1 aliphatic rings. The molecule has 0 aromatic heterocycles. The SMILES string of the molecule is c1ccc(-c2ccc(-c3ccc4c(c3)C(c3ccc(-c5ccccc5)cc3)(c3ccc(-c5ccccc5)cc3)c3cc(-c5ccc(-c6ccccc6)cc5)c5ccccc5c3-4)cc2)cc1. The first-order valence-corrected chi connectivity index (χ1v) is 22.6. The molecule has 304 valence electrons. The van der Waals surface area contributed by atoms with E-state index >= 15 is 0 Å². The maximum Gasteiger partial charge on any atom is 0.0714 e. The van der Waals surface area contributed by atoms with Crippen LogP contribution in [0.5, 0.6) is 0 Å². The molecule has 0 heteroatoms. The van der Waals surface area contributed by atoms with Crippen LogP contribution in [0.3, 0.4) is 0 Å². The second kappa shape index (κ2) is 16.1. The predicted molar refractivity (Wildman–Crippen MR) is 274 cm³/mol. The highest BCUT2D eigenvalue weighted by Gasteiger charge is 2.47. The highest BCUT2D eigenvalue weighted by molar-refractivity contribution is 6.10. The summed E-state index contributed by atoms with van der Waals surface area (Å²) in [6.45, 7) is 0. The van der Waals surface area contributed by atoms with E-state index in [1.807, 2.05) is 0 Å². The average Bonchev–Trinajstić information content (AvgIpc) is 3.70. The van der Waals surface area contributed by atoms with Crippen molar-refractivity contribution in [2.24, 2.45) is 0 Å². The molecule has 12 rings (SSSR count). The summed E-state index contributed by atoms with van der Waals surface area (Å²) >= 11 is 0. The third kappa shape index (κ3) is 6.62. The van der Waals surface area contributed by atoms with E-state index in [1.54, 1.807) is 0 Å². The molecule has 0 heterocycles. The van der Waals surface area contributed by atoms with Crippen molar-refractivity contribution in [2.75, 3.05) is 0 Å². The topological polar surface area (TPSA) is 0 Å². The third-order valence-electron chi connectivity index (χ3n) is 13.6. The quantitative estimate of drug-likeness (QED) is 0.143. The van der Waals surface area contributed by atoms with Gasteiger partial charge in [0, 0.05) is 0 Å². The molecule has 65 heavy (non-hydrogen) atoms. The zero-order chi connectivity index (χ0) is 43.2. The minimum Gasteiger partial charge on any atom is -0.0622 e. The molecule has 0 atom stereocenters. The van der Waals surface area contributed by atoms with Gasteiger partial charge in [-0.1, -0.05) is 255 Å². The van der Waals surface area contributed by atoms with Gasteiger partial charge in [0.05, 0.1) is 5.41 Å². The van der Waals surface area contributed by atoms with Gasteiger partial charge < -0.3 is 0 Å². The fourth-order valence-electron chi connectivity index (χ4n) is 10.4. The minimum absolute atomic E-state index is 0.655. The standard InChI is InChI=1S/C65H44/c1-5-15-45(16-6-1)49-25-27-53(28-26-49)55-37-42-60-62(43-55)65(56-38-33-51(34-39-56)47-19-9-3-10-20-47,57-40-35-52(36-41-57)48-21-11-4-12-22-48)63-44-61(58-23-13-14-24-59(58)64(60)63)54-31-29-50(30-32-54)46-17-7-2-8-18-46/h1-44H. The summed E-state index contributed by atoms with van der Waals surface area (Å²) < 4.78 is 0. The average molecular weight is 825 g/mol. The van der Waals surface area contributed by atoms with Crippen molar-refractivity contribution in [1.29, 1.82) is 0 Å². The van der Waals surface area contributed by atoms with Gasteiger partial charge in [-0.3, -0.25) is 0 Å². The molecule has 0 unspecified atom stereocenters. The maximum absolute atomic E-state index is 2.53. The Labute approximate surface area is 381 Å². The zero-order valence-corrected chi connectivity index (χ0v) is 35.9. The van der Waals surface area contributed by atoms with E-state index in [1.165, 1.54) is 111 Å². The molecule has 0 saturated carbocycles. The van der Waals surface area contributed by atoms with Crippen LogP contribution in [0.4, 0.5) is 0 Å². The molecule has 0 bridgehead atoms. The molecule has 0 radical (unpaired) electrons. The van der Waals surface area contributed by atoms with E-state index in [9.17, 15) is 0 Å². The zero-order valence-electron chi connectivity index (χ0n) is 35.9. The minimum atomic E-state index is -0.655. The number of hydrogen-bond acceptors (Lipinski definition) is 0. The first-order valence-electron chi connectivity index (χ1n) is 22.6. The Balaban J connectivity index is 1.13. The number of benzene rings is 11. The summed E-state index contributed by atoms with van der Waals surface area (Å²) in [7, 11) is 0. The van der Waals surface area contributed by atoms with Crippen LogP contribution in [0.15, 0.2) is 267 Å². The maximum atomic E-state index is 2.53. The predicted octanol–water partition coefficient (Wildman–Crippen LogP) is 17.2. The monoisotopic (exact) mass is 824 g/mol. The van der Waals surface area contributed by atoms with Gasteiger partial charge in [-0.15, -0.1) is 0 Å². The lowest BCUT2D eigenvalue weighted by Gasteiger charge is -2.35. The van der Waals surface area contributed by atoms with Gasteiger partial charge in [0.25, 0.3) is 0 Å². The number of hydrogen-bond donors (Lipinski definition) is 0. The fourth-order valence-corrected chi connectivity index (χ4v) is 10.4. The summed E-state index contributed by atoms with van der Waals surface area (Å²) in [5.41, 5.74) is 21.5. The van der Waals surface area contributed by atoms with Crippen LogP contribution in [-0.2, 0) is 5.41 Å². The van der Waals surface area contributed by atoms with Gasteiger partial charge in [-0.25, -0.2) is 0 Å². The lowest BCUT2D eigenvalue weighted by molar-refractivity contribution is 0.770. The van der Waals surface area contributed by atoms with Crippen molar-refractivity contribution >= 4 is 10.8 Å². The smallest absolute Gasteiger partial charge is 0.0622 e.